The zero-order chi connectivity index (χ0) is 13.9. The van der Waals surface area contributed by atoms with E-state index in [1.807, 2.05) is 32.8 Å². The molecule has 1 rings (SSSR count). The van der Waals surface area contributed by atoms with Crippen LogP contribution >= 0.6 is 0 Å². The van der Waals surface area contributed by atoms with Crippen LogP contribution in [0, 0.1) is 11.3 Å². The van der Waals surface area contributed by atoms with Gasteiger partial charge in [0, 0.05) is 6.42 Å². The molecule has 0 aliphatic heterocycles. The summed E-state index contributed by atoms with van der Waals surface area (Å²) < 4.78 is 5.11. The normalized spacial score (nSPS) is 15.1. The first-order valence-corrected chi connectivity index (χ1v) is 5.95. The number of rotatable bonds is 6. The van der Waals surface area contributed by atoms with Crippen molar-refractivity contribution in [3.63, 3.8) is 0 Å². The molecule has 1 heterocycles. The molecule has 0 saturated heterocycles. The van der Waals surface area contributed by atoms with Gasteiger partial charge in [-0.05, 0) is 26.9 Å². The topological polar surface area (TPSA) is 79.5 Å². The number of hydrogen-bond donors (Lipinski definition) is 1. The third-order valence-electron chi connectivity index (χ3n) is 3.25. The second kappa shape index (κ2) is 5.48. The van der Waals surface area contributed by atoms with Crippen LogP contribution in [0.5, 0.6) is 0 Å². The molecule has 1 atom stereocenters. The van der Waals surface area contributed by atoms with E-state index in [4.69, 9.17) is 4.52 Å². The first kappa shape index (κ1) is 14.6. The smallest absolute Gasteiger partial charge is 0.310 e. The lowest BCUT2D eigenvalue weighted by Gasteiger charge is -2.27. The maximum Gasteiger partial charge on any atom is 0.310 e. The fraction of sp³-hybridized carbons (Fsp3) is 0.750. The average Bonchev–Trinajstić information content (AvgIpc) is 2.63. The van der Waals surface area contributed by atoms with Gasteiger partial charge in [-0.3, -0.25) is 4.79 Å². The third kappa shape index (κ3) is 3.29. The van der Waals surface area contributed by atoms with Gasteiger partial charge in [0.25, 0.3) is 0 Å². The molecule has 1 unspecified atom stereocenters. The Balaban J connectivity index is 2.83. The Hall–Kier alpha value is -1.43. The van der Waals surface area contributed by atoms with Crippen molar-refractivity contribution in [3.8, 4) is 0 Å². The highest BCUT2D eigenvalue weighted by Crippen LogP contribution is 2.31. The maximum atomic E-state index is 11.4. The highest BCUT2D eigenvalue weighted by atomic mass is 16.5. The molecule has 102 valence electrons. The van der Waals surface area contributed by atoms with E-state index in [0.29, 0.717) is 18.3 Å². The van der Waals surface area contributed by atoms with Gasteiger partial charge in [-0.15, -0.1) is 0 Å². The number of carboxylic acid groups (broad SMARTS) is 1. The maximum absolute atomic E-state index is 11.4. The van der Waals surface area contributed by atoms with E-state index in [0.717, 1.165) is 0 Å². The molecule has 1 aromatic heterocycles. The zero-order valence-electron chi connectivity index (χ0n) is 11.6. The molecular formula is C12H21N3O3. The molecular weight excluding hydrogens is 234 g/mol. The van der Waals surface area contributed by atoms with Crippen molar-refractivity contribution in [2.45, 2.75) is 33.7 Å². The molecule has 1 aromatic rings. The van der Waals surface area contributed by atoms with Crippen molar-refractivity contribution in [1.29, 1.82) is 0 Å². The van der Waals surface area contributed by atoms with E-state index in [9.17, 15) is 9.90 Å². The van der Waals surface area contributed by atoms with Crippen molar-refractivity contribution in [2.75, 3.05) is 14.1 Å². The van der Waals surface area contributed by atoms with Crippen LogP contribution in [0.25, 0.3) is 0 Å². The molecule has 0 saturated carbocycles. The van der Waals surface area contributed by atoms with Gasteiger partial charge in [-0.1, -0.05) is 19.0 Å². The average molecular weight is 255 g/mol. The summed E-state index contributed by atoms with van der Waals surface area (Å²) in [6, 6.07) is 0. The molecule has 0 aliphatic carbocycles. The summed E-state index contributed by atoms with van der Waals surface area (Å²) in [5.41, 5.74) is -0.887. The Kier molecular flexibility index (Phi) is 4.45. The number of carbonyl (C=O) groups is 1. The highest BCUT2D eigenvalue weighted by Gasteiger charge is 2.38. The number of hydrogen-bond acceptors (Lipinski definition) is 5. The zero-order valence-corrected chi connectivity index (χ0v) is 11.6. The second-order valence-corrected chi connectivity index (χ2v) is 5.40. The summed E-state index contributed by atoms with van der Waals surface area (Å²) in [6.07, 6.45) is 0.250. The third-order valence-corrected chi connectivity index (χ3v) is 3.25. The number of aromatic nitrogens is 2. The minimum absolute atomic E-state index is 0.0146. The van der Waals surface area contributed by atoms with Gasteiger partial charge in [0.1, 0.15) is 0 Å². The van der Waals surface area contributed by atoms with Gasteiger partial charge in [0.05, 0.1) is 12.0 Å². The van der Waals surface area contributed by atoms with E-state index in [2.05, 4.69) is 10.1 Å². The minimum Gasteiger partial charge on any atom is -0.481 e. The van der Waals surface area contributed by atoms with Crippen molar-refractivity contribution in [1.82, 2.24) is 15.0 Å². The lowest BCUT2D eigenvalue weighted by molar-refractivity contribution is -0.150. The number of aliphatic carboxylic acids is 1. The SMILES string of the molecule is CC(C)C(C)(Cc1nc(CN(C)C)no1)C(=O)O. The molecule has 0 radical (unpaired) electrons. The van der Waals surface area contributed by atoms with Gasteiger partial charge in [-0.25, -0.2) is 0 Å². The lowest BCUT2D eigenvalue weighted by Crippen LogP contribution is -2.35. The molecule has 0 aliphatic rings. The van der Waals surface area contributed by atoms with E-state index < -0.39 is 11.4 Å². The molecule has 0 fully saturated rings. The quantitative estimate of drug-likeness (QED) is 0.828. The number of carboxylic acids is 1. The monoisotopic (exact) mass is 255 g/mol. The summed E-state index contributed by atoms with van der Waals surface area (Å²) in [4.78, 5) is 17.5. The van der Waals surface area contributed by atoms with E-state index >= 15 is 0 Å². The predicted molar refractivity (Wildman–Crippen MR) is 66.0 cm³/mol. The van der Waals surface area contributed by atoms with Gasteiger partial charge in [-0.2, -0.15) is 4.98 Å². The van der Waals surface area contributed by atoms with Crippen molar-refractivity contribution in [2.24, 2.45) is 11.3 Å². The van der Waals surface area contributed by atoms with Crippen molar-refractivity contribution < 1.29 is 14.4 Å². The Bertz CT molecular complexity index is 414. The molecule has 0 amide bonds. The minimum atomic E-state index is -0.887. The van der Waals surface area contributed by atoms with E-state index in [1.165, 1.54) is 0 Å². The molecule has 0 spiro atoms. The predicted octanol–water partition coefficient (Wildman–Crippen LogP) is 1.42. The largest absolute Gasteiger partial charge is 0.481 e. The Morgan fingerprint density at radius 1 is 1.50 bits per heavy atom. The van der Waals surface area contributed by atoms with Crippen molar-refractivity contribution in [3.05, 3.63) is 11.7 Å². The molecule has 6 nitrogen and oxygen atoms in total. The summed E-state index contributed by atoms with van der Waals surface area (Å²) in [7, 11) is 3.82. The van der Waals surface area contributed by atoms with Crippen LogP contribution in [0.4, 0.5) is 0 Å². The van der Waals surface area contributed by atoms with Crippen LogP contribution < -0.4 is 0 Å². The summed E-state index contributed by atoms with van der Waals surface area (Å²) in [6.45, 7) is 6.04. The van der Waals surface area contributed by atoms with E-state index in [1.54, 1.807) is 6.92 Å². The Morgan fingerprint density at radius 3 is 2.56 bits per heavy atom. The van der Waals surface area contributed by atoms with Gasteiger partial charge in [0.2, 0.25) is 5.89 Å². The molecule has 0 bridgehead atoms. The molecule has 0 aromatic carbocycles. The van der Waals surface area contributed by atoms with Crippen LogP contribution in [0.3, 0.4) is 0 Å². The fourth-order valence-corrected chi connectivity index (χ4v) is 1.55. The summed E-state index contributed by atoms with van der Waals surface area (Å²) in [5.74, 6) is 0.0982. The van der Waals surface area contributed by atoms with Gasteiger partial charge in [0.15, 0.2) is 5.82 Å². The van der Waals surface area contributed by atoms with Gasteiger partial charge < -0.3 is 14.5 Å². The van der Waals surface area contributed by atoms with Crippen molar-refractivity contribution >= 4 is 5.97 Å². The van der Waals surface area contributed by atoms with Crippen LogP contribution in [0.2, 0.25) is 0 Å². The number of nitrogens with zero attached hydrogens (tertiary/aromatic N) is 3. The molecule has 6 heteroatoms. The lowest BCUT2D eigenvalue weighted by atomic mass is 9.76. The van der Waals surface area contributed by atoms with E-state index in [-0.39, 0.29) is 12.3 Å². The van der Waals surface area contributed by atoms with Crippen LogP contribution in [0.1, 0.15) is 32.5 Å². The molecule has 18 heavy (non-hydrogen) atoms. The standard InChI is InChI=1S/C12H21N3O3/c1-8(2)12(3,11(16)17)6-10-13-9(14-18-10)7-15(4)5/h8H,6-7H2,1-5H3,(H,16,17). The first-order chi connectivity index (χ1) is 8.25. The van der Waals surface area contributed by atoms with Gasteiger partial charge >= 0.3 is 5.97 Å². The Morgan fingerprint density at radius 2 is 2.11 bits per heavy atom. The Labute approximate surface area is 107 Å². The molecule has 1 N–H and O–H groups in total. The second-order valence-electron chi connectivity index (χ2n) is 5.40. The summed E-state index contributed by atoms with van der Waals surface area (Å²) in [5, 5.41) is 13.2. The van der Waals surface area contributed by atoms with Crippen LogP contribution in [-0.4, -0.2) is 40.2 Å². The van der Waals surface area contributed by atoms with Crippen LogP contribution in [-0.2, 0) is 17.8 Å². The fourth-order valence-electron chi connectivity index (χ4n) is 1.55. The summed E-state index contributed by atoms with van der Waals surface area (Å²) >= 11 is 0. The van der Waals surface area contributed by atoms with Crippen LogP contribution in [0.15, 0.2) is 4.52 Å². The first-order valence-electron chi connectivity index (χ1n) is 5.95. The highest BCUT2D eigenvalue weighted by molar-refractivity contribution is 5.74.